The van der Waals surface area contributed by atoms with E-state index in [-0.39, 0.29) is 0 Å². The van der Waals surface area contributed by atoms with Crippen LogP contribution in [0.2, 0.25) is 0 Å². The molecule has 0 amide bonds. The molecular formula is C17H16N2. The number of benzene rings is 2. The number of nitrogens with zero attached hydrogens (tertiary/aromatic N) is 1. The van der Waals surface area contributed by atoms with Crippen molar-refractivity contribution in [2.45, 2.75) is 13.5 Å². The minimum absolute atomic E-state index is 0.791. The van der Waals surface area contributed by atoms with E-state index < -0.39 is 0 Å². The summed E-state index contributed by atoms with van der Waals surface area (Å²) in [6.45, 7) is 2.91. The summed E-state index contributed by atoms with van der Waals surface area (Å²) in [6, 6.07) is 18.7. The van der Waals surface area contributed by atoms with Crippen LogP contribution in [0.4, 0.5) is 5.69 Å². The molecule has 0 spiro atoms. The maximum absolute atomic E-state index is 4.48. The van der Waals surface area contributed by atoms with Crippen LogP contribution >= 0.6 is 0 Å². The van der Waals surface area contributed by atoms with E-state index in [0.717, 1.165) is 12.1 Å². The maximum atomic E-state index is 4.48. The number of aromatic nitrogens is 1. The third-order valence-electron chi connectivity index (χ3n) is 3.33. The largest absolute Gasteiger partial charge is 0.381 e. The highest BCUT2D eigenvalue weighted by atomic mass is 14.9. The molecule has 2 heteroatoms. The molecule has 19 heavy (non-hydrogen) atoms. The summed E-state index contributed by atoms with van der Waals surface area (Å²) < 4.78 is 0. The van der Waals surface area contributed by atoms with Crippen LogP contribution in [0.3, 0.4) is 0 Å². The second kappa shape index (κ2) is 5.11. The Kier molecular flexibility index (Phi) is 3.15. The first-order chi connectivity index (χ1) is 9.34. The van der Waals surface area contributed by atoms with Gasteiger partial charge in [0, 0.05) is 23.8 Å². The first-order valence-electron chi connectivity index (χ1n) is 6.47. The topological polar surface area (TPSA) is 24.9 Å². The van der Waals surface area contributed by atoms with Gasteiger partial charge in [-0.1, -0.05) is 42.5 Å². The number of fused-ring (bicyclic) bond motifs is 1. The van der Waals surface area contributed by atoms with Crippen molar-refractivity contribution in [3.63, 3.8) is 0 Å². The SMILES string of the molecule is Cc1ccccc1NCc1cccc2cccnc12. The zero-order valence-corrected chi connectivity index (χ0v) is 10.9. The zero-order chi connectivity index (χ0) is 13.1. The molecule has 1 aromatic heterocycles. The number of hydrogen-bond donors (Lipinski definition) is 1. The van der Waals surface area contributed by atoms with Crippen LogP contribution in [0.1, 0.15) is 11.1 Å². The lowest BCUT2D eigenvalue weighted by Crippen LogP contribution is -2.02. The molecule has 2 nitrogen and oxygen atoms in total. The number of pyridine rings is 1. The smallest absolute Gasteiger partial charge is 0.0751 e. The summed E-state index contributed by atoms with van der Waals surface area (Å²) >= 11 is 0. The highest BCUT2D eigenvalue weighted by Gasteiger charge is 2.02. The molecule has 1 heterocycles. The summed E-state index contributed by atoms with van der Waals surface area (Å²) in [6.07, 6.45) is 1.85. The van der Waals surface area contributed by atoms with E-state index in [0.29, 0.717) is 0 Å². The average Bonchev–Trinajstić information content (AvgIpc) is 2.46. The van der Waals surface area contributed by atoms with Crippen molar-refractivity contribution in [1.82, 2.24) is 4.98 Å². The Hall–Kier alpha value is -2.35. The fourth-order valence-corrected chi connectivity index (χ4v) is 2.27. The maximum Gasteiger partial charge on any atom is 0.0751 e. The van der Waals surface area contributed by atoms with Crippen LogP contribution in [-0.4, -0.2) is 4.98 Å². The van der Waals surface area contributed by atoms with Gasteiger partial charge in [-0.3, -0.25) is 4.98 Å². The van der Waals surface area contributed by atoms with Crippen molar-refractivity contribution in [2.24, 2.45) is 0 Å². The Labute approximate surface area is 113 Å². The van der Waals surface area contributed by atoms with Gasteiger partial charge in [-0.15, -0.1) is 0 Å². The first-order valence-corrected chi connectivity index (χ1v) is 6.47. The quantitative estimate of drug-likeness (QED) is 0.753. The normalized spacial score (nSPS) is 10.6. The summed E-state index contributed by atoms with van der Waals surface area (Å²) in [5.74, 6) is 0. The van der Waals surface area contributed by atoms with Crippen molar-refractivity contribution < 1.29 is 0 Å². The predicted octanol–water partition coefficient (Wildman–Crippen LogP) is 4.16. The van der Waals surface area contributed by atoms with Gasteiger partial charge in [0.1, 0.15) is 0 Å². The Balaban J connectivity index is 1.88. The summed E-state index contributed by atoms with van der Waals surface area (Å²) in [5.41, 5.74) is 4.73. The van der Waals surface area contributed by atoms with Gasteiger partial charge in [0.05, 0.1) is 5.52 Å². The van der Waals surface area contributed by atoms with E-state index in [2.05, 4.69) is 65.8 Å². The van der Waals surface area contributed by atoms with Crippen molar-refractivity contribution in [3.05, 3.63) is 71.9 Å². The fraction of sp³-hybridized carbons (Fsp3) is 0.118. The predicted molar refractivity (Wildman–Crippen MR) is 80.2 cm³/mol. The molecule has 0 aliphatic heterocycles. The van der Waals surface area contributed by atoms with Gasteiger partial charge in [-0.25, -0.2) is 0 Å². The number of aryl methyl sites for hydroxylation is 1. The Bertz CT molecular complexity index is 699. The molecule has 0 saturated carbocycles. The second-order valence-electron chi connectivity index (χ2n) is 4.66. The van der Waals surface area contributed by atoms with Crippen LogP contribution in [0.15, 0.2) is 60.8 Å². The van der Waals surface area contributed by atoms with Crippen molar-refractivity contribution in [3.8, 4) is 0 Å². The third kappa shape index (κ3) is 2.43. The zero-order valence-electron chi connectivity index (χ0n) is 10.9. The van der Waals surface area contributed by atoms with E-state index in [9.17, 15) is 0 Å². The minimum Gasteiger partial charge on any atom is -0.381 e. The monoisotopic (exact) mass is 248 g/mol. The molecule has 0 bridgehead atoms. The van der Waals surface area contributed by atoms with Gasteiger partial charge >= 0.3 is 0 Å². The van der Waals surface area contributed by atoms with Crippen molar-refractivity contribution >= 4 is 16.6 Å². The number of anilines is 1. The highest BCUT2D eigenvalue weighted by molar-refractivity contribution is 5.81. The molecule has 0 atom stereocenters. The molecule has 0 radical (unpaired) electrons. The lowest BCUT2D eigenvalue weighted by Gasteiger charge is -2.10. The van der Waals surface area contributed by atoms with Gasteiger partial charge < -0.3 is 5.32 Å². The number of rotatable bonds is 3. The molecular weight excluding hydrogens is 232 g/mol. The Morgan fingerprint density at radius 1 is 0.947 bits per heavy atom. The van der Waals surface area contributed by atoms with Gasteiger partial charge in [0.2, 0.25) is 0 Å². The van der Waals surface area contributed by atoms with E-state index in [4.69, 9.17) is 0 Å². The van der Waals surface area contributed by atoms with Gasteiger partial charge in [0.25, 0.3) is 0 Å². The van der Waals surface area contributed by atoms with Crippen LogP contribution in [0.5, 0.6) is 0 Å². The summed E-state index contributed by atoms with van der Waals surface area (Å²) in [7, 11) is 0. The Morgan fingerprint density at radius 2 is 1.79 bits per heavy atom. The van der Waals surface area contributed by atoms with Gasteiger partial charge in [-0.05, 0) is 30.2 Å². The van der Waals surface area contributed by atoms with Gasteiger partial charge in [-0.2, -0.15) is 0 Å². The third-order valence-corrected chi connectivity index (χ3v) is 3.33. The molecule has 94 valence electrons. The van der Waals surface area contributed by atoms with E-state index in [1.807, 2.05) is 12.3 Å². The Morgan fingerprint density at radius 3 is 2.68 bits per heavy atom. The fourth-order valence-electron chi connectivity index (χ4n) is 2.27. The van der Waals surface area contributed by atoms with Crippen LogP contribution < -0.4 is 5.32 Å². The molecule has 0 unspecified atom stereocenters. The van der Waals surface area contributed by atoms with Crippen molar-refractivity contribution in [2.75, 3.05) is 5.32 Å². The molecule has 0 aliphatic carbocycles. The number of hydrogen-bond acceptors (Lipinski definition) is 2. The van der Waals surface area contributed by atoms with Gasteiger partial charge in [0.15, 0.2) is 0 Å². The molecule has 0 fully saturated rings. The van der Waals surface area contributed by atoms with E-state index >= 15 is 0 Å². The van der Waals surface area contributed by atoms with Crippen LogP contribution in [-0.2, 0) is 6.54 Å². The minimum atomic E-state index is 0.791. The van der Waals surface area contributed by atoms with Crippen LogP contribution in [0, 0.1) is 6.92 Å². The molecule has 2 aromatic carbocycles. The summed E-state index contributed by atoms with van der Waals surface area (Å²) in [4.78, 5) is 4.48. The van der Waals surface area contributed by atoms with Crippen molar-refractivity contribution in [1.29, 1.82) is 0 Å². The van der Waals surface area contributed by atoms with Crippen LogP contribution in [0.25, 0.3) is 10.9 Å². The standard InChI is InChI=1S/C17H16N2/c1-13-6-2-3-10-16(13)19-12-15-8-4-7-14-9-5-11-18-17(14)15/h2-11,19H,12H2,1H3. The molecule has 0 aliphatic rings. The molecule has 3 aromatic rings. The second-order valence-corrected chi connectivity index (χ2v) is 4.66. The molecule has 3 rings (SSSR count). The average molecular weight is 248 g/mol. The molecule has 1 N–H and O–H groups in total. The number of para-hydroxylation sites is 2. The highest BCUT2D eigenvalue weighted by Crippen LogP contribution is 2.19. The first kappa shape index (κ1) is 11.7. The lowest BCUT2D eigenvalue weighted by molar-refractivity contribution is 1.14. The summed E-state index contributed by atoms with van der Waals surface area (Å²) in [5, 5.41) is 4.67. The molecule has 0 saturated heterocycles. The van der Waals surface area contributed by atoms with E-state index in [1.54, 1.807) is 0 Å². The van der Waals surface area contributed by atoms with E-state index in [1.165, 1.54) is 22.2 Å². The number of nitrogens with one attached hydrogen (secondary N) is 1. The lowest BCUT2D eigenvalue weighted by atomic mass is 10.1.